The molecule has 1 heterocycles. The topological polar surface area (TPSA) is 33.1 Å². The van der Waals surface area contributed by atoms with E-state index in [2.05, 4.69) is 71.3 Å². The molecule has 0 unspecified atom stereocenters. The van der Waals surface area contributed by atoms with Crippen LogP contribution in [0, 0.1) is 0 Å². The third-order valence-electron chi connectivity index (χ3n) is 3.33. The number of aromatic nitrogens is 2. The summed E-state index contributed by atoms with van der Waals surface area (Å²) in [6.07, 6.45) is 2.99. The second-order valence-corrected chi connectivity index (χ2v) is 5.21. The number of hydrogen-bond donors (Lipinski definition) is 1. The van der Waals surface area contributed by atoms with Gasteiger partial charge in [0.05, 0.1) is 5.69 Å². The fourth-order valence-electron chi connectivity index (χ4n) is 2.17. The molecule has 0 bridgehead atoms. The molecule has 4 nitrogen and oxygen atoms in total. The second kappa shape index (κ2) is 7.10. The molecule has 0 atom stereocenters. The fraction of sp³-hybridized carbons (Fsp3) is 0.438. The number of anilines is 1. The number of hydrogen-bond acceptors (Lipinski definition) is 3. The van der Waals surface area contributed by atoms with Crippen LogP contribution in [-0.2, 0) is 19.6 Å². The highest BCUT2D eigenvalue weighted by atomic mass is 15.3. The minimum Gasteiger partial charge on any atom is -0.378 e. The first-order chi connectivity index (χ1) is 9.70. The molecule has 0 amide bonds. The number of benzene rings is 1. The van der Waals surface area contributed by atoms with Crippen molar-refractivity contribution in [1.82, 2.24) is 15.1 Å². The maximum Gasteiger partial charge on any atom is 0.0522 e. The first kappa shape index (κ1) is 14.6. The van der Waals surface area contributed by atoms with Gasteiger partial charge < -0.3 is 10.2 Å². The first-order valence-corrected chi connectivity index (χ1v) is 7.18. The number of nitrogens with one attached hydrogen (secondary N) is 1. The molecular formula is C16H24N4. The van der Waals surface area contributed by atoms with E-state index in [9.17, 15) is 0 Å². The zero-order valence-corrected chi connectivity index (χ0v) is 12.6. The molecule has 20 heavy (non-hydrogen) atoms. The van der Waals surface area contributed by atoms with Gasteiger partial charge in [-0.25, -0.2) is 0 Å². The van der Waals surface area contributed by atoms with Crippen LogP contribution < -0.4 is 10.2 Å². The van der Waals surface area contributed by atoms with Crippen LogP contribution in [0.15, 0.2) is 36.5 Å². The van der Waals surface area contributed by atoms with Gasteiger partial charge >= 0.3 is 0 Å². The molecule has 1 aromatic heterocycles. The Labute approximate surface area is 121 Å². The predicted octanol–water partition coefficient (Wildman–Crippen LogP) is 2.65. The maximum atomic E-state index is 4.33. The molecule has 0 fully saturated rings. The van der Waals surface area contributed by atoms with E-state index in [-0.39, 0.29) is 0 Å². The van der Waals surface area contributed by atoms with Gasteiger partial charge in [-0.1, -0.05) is 19.1 Å². The van der Waals surface area contributed by atoms with E-state index >= 15 is 0 Å². The average molecular weight is 272 g/mol. The highest BCUT2D eigenvalue weighted by Gasteiger charge is 2.01. The first-order valence-electron chi connectivity index (χ1n) is 7.18. The van der Waals surface area contributed by atoms with Crippen molar-refractivity contribution < 1.29 is 0 Å². The Morgan fingerprint density at radius 1 is 1.10 bits per heavy atom. The summed E-state index contributed by atoms with van der Waals surface area (Å²) in [4.78, 5) is 2.11. The lowest BCUT2D eigenvalue weighted by Gasteiger charge is -2.13. The van der Waals surface area contributed by atoms with E-state index in [1.54, 1.807) is 0 Å². The van der Waals surface area contributed by atoms with Crippen molar-refractivity contribution >= 4 is 5.69 Å². The molecule has 1 N–H and O–H groups in total. The van der Waals surface area contributed by atoms with Gasteiger partial charge in [-0.2, -0.15) is 5.10 Å². The van der Waals surface area contributed by atoms with Gasteiger partial charge in [0.1, 0.15) is 0 Å². The standard InChI is InChI=1S/C16H24N4/c1-4-11-20-16(9-10-18-20)13-17-12-14-5-7-15(8-6-14)19(2)3/h5-10,17H,4,11-13H2,1-3H3. The van der Waals surface area contributed by atoms with Crippen molar-refractivity contribution in [3.63, 3.8) is 0 Å². The van der Waals surface area contributed by atoms with Gasteiger partial charge in [0, 0.05) is 45.6 Å². The van der Waals surface area contributed by atoms with E-state index in [1.165, 1.54) is 16.9 Å². The van der Waals surface area contributed by atoms with Gasteiger partial charge in [0.15, 0.2) is 0 Å². The third kappa shape index (κ3) is 3.84. The summed E-state index contributed by atoms with van der Waals surface area (Å²) in [5.74, 6) is 0. The molecule has 0 aliphatic carbocycles. The van der Waals surface area contributed by atoms with E-state index in [0.717, 1.165) is 26.1 Å². The fourth-order valence-corrected chi connectivity index (χ4v) is 2.17. The number of nitrogens with zero attached hydrogens (tertiary/aromatic N) is 3. The molecule has 4 heteroatoms. The summed E-state index contributed by atoms with van der Waals surface area (Å²) in [5, 5.41) is 7.81. The van der Waals surface area contributed by atoms with Crippen LogP contribution in [0.4, 0.5) is 5.69 Å². The van der Waals surface area contributed by atoms with Crippen molar-refractivity contribution in [1.29, 1.82) is 0 Å². The Morgan fingerprint density at radius 3 is 2.50 bits per heavy atom. The average Bonchev–Trinajstić information content (AvgIpc) is 2.87. The van der Waals surface area contributed by atoms with Gasteiger partial charge in [-0.05, 0) is 30.2 Å². The van der Waals surface area contributed by atoms with Crippen molar-refractivity contribution in [2.45, 2.75) is 33.0 Å². The Kier molecular flexibility index (Phi) is 5.18. The van der Waals surface area contributed by atoms with Crippen LogP contribution in [-0.4, -0.2) is 23.9 Å². The van der Waals surface area contributed by atoms with Crippen LogP contribution in [0.2, 0.25) is 0 Å². The summed E-state index contributed by atoms with van der Waals surface area (Å²) < 4.78 is 2.07. The SMILES string of the molecule is CCCn1nccc1CNCc1ccc(N(C)C)cc1. The lowest BCUT2D eigenvalue weighted by atomic mass is 10.2. The lowest BCUT2D eigenvalue weighted by molar-refractivity contribution is 0.549. The molecular weight excluding hydrogens is 248 g/mol. The summed E-state index contributed by atoms with van der Waals surface area (Å²) in [6.45, 7) is 4.90. The zero-order valence-electron chi connectivity index (χ0n) is 12.6. The van der Waals surface area contributed by atoms with Gasteiger partial charge in [-0.3, -0.25) is 4.68 Å². The smallest absolute Gasteiger partial charge is 0.0522 e. The molecule has 0 saturated heterocycles. The molecule has 0 radical (unpaired) electrons. The number of rotatable bonds is 7. The van der Waals surface area contributed by atoms with Crippen molar-refractivity contribution in [3.05, 3.63) is 47.8 Å². The zero-order chi connectivity index (χ0) is 14.4. The molecule has 108 valence electrons. The molecule has 1 aromatic carbocycles. The highest BCUT2D eigenvalue weighted by molar-refractivity contribution is 5.45. The maximum absolute atomic E-state index is 4.33. The van der Waals surface area contributed by atoms with Gasteiger partial charge in [0.25, 0.3) is 0 Å². The largest absolute Gasteiger partial charge is 0.378 e. The number of aryl methyl sites for hydroxylation is 1. The van der Waals surface area contributed by atoms with Crippen molar-refractivity contribution in [2.75, 3.05) is 19.0 Å². The van der Waals surface area contributed by atoms with Gasteiger partial charge in [0.2, 0.25) is 0 Å². The molecule has 2 rings (SSSR count). The molecule has 0 aliphatic heterocycles. The van der Waals surface area contributed by atoms with E-state index in [4.69, 9.17) is 0 Å². The molecule has 0 saturated carbocycles. The Morgan fingerprint density at radius 2 is 1.85 bits per heavy atom. The van der Waals surface area contributed by atoms with Crippen LogP contribution in [0.3, 0.4) is 0 Å². The van der Waals surface area contributed by atoms with Crippen LogP contribution >= 0.6 is 0 Å². The Balaban J connectivity index is 1.84. The second-order valence-electron chi connectivity index (χ2n) is 5.21. The van der Waals surface area contributed by atoms with Crippen LogP contribution in [0.1, 0.15) is 24.6 Å². The molecule has 2 aromatic rings. The third-order valence-corrected chi connectivity index (χ3v) is 3.33. The minimum atomic E-state index is 0.857. The normalized spacial score (nSPS) is 10.8. The summed E-state index contributed by atoms with van der Waals surface area (Å²) >= 11 is 0. The molecule has 0 spiro atoms. The van der Waals surface area contributed by atoms with Gasteiger partial charge in [-0.15, -0.1) is 0 Å². The quantitative estimate of drug-likeness (QED) is 0.841. The highest BCUT2D eigenvalue weighted by Crippen LogP contribution is 2.12. The molecule has 0 aliphatic rings. The Bertz CT molecular complexity index is 514. The summed E-state index contributed by atoms with van der Waals surface area (Å²) in [5.41, 5.74) is 3.78. The summed E-state index contributed by atoms with van der Waals surface area (Å²) in [7, 11) is 4.12. The predicted molar refractivity (Wildman–Crippen MR) is 83.8 cm³/mol. The van der Waals surface area contributed by atoms with Crippen LogP contribution in [0.25, 0.3) is 0 Å². The van der Waals surface area contributed by atoms with E-state index in [0.29, 0.717) is 0 Å². The summed E-state index contributed by atoms with van der Waals surface area (Å²) in [6, 6.07) is 10.7. The van der Waals surface area contributed by atoms with E-state index in [1.807, 2.05) is 6.20 Å². The van der Waals surface area contributed by atoms with Crippen LogP contribution in [0.5, 0.6) is 0 Å². The minimum absolute atomic E-state index is 0.857. The Hall–Kier alpha value is -1.81. The van der Waals surface area contributed by atoms with Crippen molar-refractivity contribution in [3.8, 4) is 0 Å². The van der Waals surface area contributed by atoms with Crippen molar-refractivity contribution in [2.24, 2.45) is 0 Å². The lowest BCUT2D eigenvalue weighted by Crippen LogP contribution is -2.16. The monoisotopic (exact) mass is 272 g/mol. The van der Waals surface area contributed by atoms with E-state index < -0.39 is 0 Å².